The van der Waals surface area contributed by atoms with Crippen molar-refractivity contribution in [1.82, 2.24) is 0 Å². The lowest BCUT2D eigenvalue weighted by Crippen LogP contribution is -1.96. The summed E-state index contributed by atoms with van der Waals surface area (Å²) in [5.74, 6) is 1.29. The molecule has 0 fully saturated rings. The van der Waals surface area contributed by atoms with Gasteiger partial charge in [-0.15, -0.1) is 0 Å². The molecule has 0 N–H and O–H groups in total. The van der Waals surface area contributed by atoms with Crippen molar-refractivity contribution >= 4 is 49.1 Å². The van der Waals surface area contributed by atoms with Gasteiger partial charge in [0.2, 0.25) is 0 Å². The lowest BCUT2D eigenvalue weighted by molar-refractivity contribution is 0.441. The number of furan rings is 1. The van der Waals surface area contributed by atoms with Gasteiger partial charge in [-0.2, -0.15) is 0 Å². The number of ether oxygens (including phenoxy) is 1. The van der Waals surface area contributed by atoms with Gasteiger partial charge in [-0.3, -0.25) is 0 Å². The Hall–Kier alpha value is -5.34. The summed E-state index contributed by atoms with van der Waals surface area (Å²) in [6.45, 7) is 10.8. The van der Waals surface area contributed by atoms with Crippen molar-refractivity contribution in [2.24, 2.45) is 0 Å². The Kier molecular flexibility index (Phi) is 6.45. The first-order valence-electron chi connectivity index (χ1n) is 14.3. The minimum absolute atomic E-state index is 0.538. The van der Waals surface area contributed by atoms with Crippen LogP contribution in [0, 0.1) is 0 Å². The number of allylic oxidation sites excluding steroid dienone is 3. The molecule has 0 atom stereocenters. The van der Waals surface area contributed by atoms with Gasteiger partial charge in [0, 0.05) is 16.3 Å². The number of rotatable bonds is 7. The van der Waals surface area contributed by atoms with Crippen LogP contribution in [0.5, 0.6) is 5.75 Å². The summed E-state index contributed by atoms with van der Waals surface area (Å²) in [5, 5.41) is 6.95. The molecular formula is C40H30O2. The fourth-order valence-corrected chi connectivity index (χ4v) is 6.10. The number of aryl methyl sites for hydroxylation is 1. The second kappa shape index (κ2) is 10.6. The largest absolute Gasteiger partial charge is 0.458 e. The van der Waals surface area contributed by atoms with E-state index in [0.717, 1.165) is 50.8 Å². The van der Waals surface area contributed by atoms with Crippen molar-refractivity contribution in [3.05, 3.63) is 157 Å². The molecule has 7 rings (SSSR count). The lowest BCUT2D eigenvalue weighted by atomic mass is 9.86. The Balaban J connectivity index is 1.26. The van der Waals surface area contributed by atoms with E-state index in [9.17, 15) is 0 Å². The molecule has 0 amide bonds. The fraction of sp³-hybridized carbons (Fsp3) is 0.0500. The van der Waals surface area contributed by atoms with Crippen molar-refractivity contribution in [3.63, 3.8) is 0 Å². The summed E-state index contributed by atoms with van der Waals surface area (Å²) in [7, 11) is 0. The zero-order chi connectivity index (χ0) is 28.6. The summed E-state index contributed by atoms with van der Waals surface area (Å²) in [5.41, 5.74) is 7.24. The first kappa shape index (κ1) is 25.6. The van der Waals surface area contributed by atoms with Gasteiger partial charge >= 0.3 is 0 Å². The molecule has 0 aliphatic heterocycles. The minimum Gasteiger partial charge on any atom is -0.458 e. The predicted octanol–water partition coefficient (Wildman–Crippen LogP) is 11.3. The van der Waals surface area contributed by atoms with Gasteiger partial charge in [0.25, 0.3) is 0 Å². The number of para-hydroxylation sites is 1. The summed E-state index contributed by atoms with van der Waals surface area (Å²) < 4.78 is 12.5. The molecule has 7 aromatic rings. The van der Waals surface area contributed by atoms with Crippen LogP contribution in [0.25, 0.3) is 60.2 Å². The monoisotopic (exact) mass is 542 g/mol. The molecule has 0 unspecified atom stereocenters. The van der Waals surface area contributed by atoms with Crippen LogP contribution in [0.2, 0.25) is 0 Å². The Morgan fingerprint density at radius 1 is 0.643 bits per heavy atom. The highest BCUT2D eigenvalue weighted by Gasteiger charge is 2.17. The van der Waals surface area contributed by atoms with E-state index in [2.05, 4.69) is 111 Å². The Morgan fingerprint density at radius 3 is 1.90 bits per heavy atom. The molecule has 0 aliphatic rings. The smallest absolute Gasteiger partial charge is 0.142 e. The van der Waals surface area contributed by atoms with Crippen LogP contribution in [0.4, 0.5) is 0 Å². The highest BCUT2D eigenvalue weighted by molar-refractivity contribution is 6.19. The highest BCUT2D eigenvalue weighted by Crippen LogP contribution is 2.42. The van der Waals surface area contributed by atoms with Crippen molar-refractivity contribution < 1.29 is 9.15 Å². The molecule has 0 saturated carbocycles. The molecule has 0 radical (unpaired) electrons. The van der Waals surface area contributed by atoms with Crippen molar-refractivity contribution in [2.45, 2.75) is 13.3 Å². The molecule has 2 nitrogen and oxygen atoms in total. The third-order valence-corrected chi connectivity index (χ3v) is 7.99. The van der Waals surface area contributed by atoms with E-state index >= 15 is 0 Å². The molecular weight excluding hydrogens is 512 g/mol. The van der Waals surface area contributed by atoms with Crippen LogP contribution in [-0.4, -0.2) is 0 Å². The third kappa shape index (κ3) is 4.29. The van der Waals surface area contributed by atoms with Gasteiger partial charge in [0.1, 0.15) is 22.7 Å². The van der Waals surface area contributed by atoms with E-state index in [1.807, 2.05) is 36.4 Å². The molecule has 0 saturated heterocycles. The number of hydrogen-bond donors (Lipinski definition) is 0. The Labute approximate surface area is 245 Å². The fourth-order valence-electron chi connectivity index (χ4n) is 6.10. The van der Waals surface area contributed by atoms with Crippen molar-refractivity contribution in [2.75, 3.05) is 0 Å². The van der Waals surface area contributed by atoms with Gasteiger partial charge in [-0.05, 0) is 74.5 Å². The molecule has 42 heavy (non-hydrogen) atoms. The molecule has 0 bridgehead atoms. The van der Waals surface area contributed by atoms with Gasteiger partial charge in [0.05, 0.1) is 0 Å². The first-order valence-corrected chi connectivity index (χ1v) is 14.3. The molecule has 0 aliphatic carbocycles. The van der Waals surface area contributed by atoms with Crippen LogP contribution >= 0.6 is 0 Å². The summed E-state index contributed by atoms with van der Waals surface area (Å²) in [6, 6.07) is 40.0. The zero-order valence-corrected chi connectivity index (χ0v) is 23.6. The highest BCUT2D eigenvalue weighted by atomic mass is 16.5. The summed E-state index contributed by atoms with van der Waals surface area (Å²) in [6.07, 6.45) is 4.69. The van der Waals surface area contributed by atoms with Crippen LogP contribution in [0.15, 0.2) is 151 Å². The quantitative estimate of drug-likeness (QED) is 0.114. The Bertz CT molecular complexity index is 2120. The van der Waals surface area contributed by atoms with E-state index in [-0.39, 0.29) is 0 Å². The van der Waals surface area contributed by atoms with Gasteiger partial charge in [-0.1, -0.05) is 123 Å². The average Bonchev–Trinajstić information content (AvgIpc) is 3.41. The lowest BCUT2D eigenvalue weighted by Gasteiger charge is -2.17. The molecule has 2 heteroatoms. The van der Waals surface area contributed by atoms with E-state index in [1.165, 1.54) is 32.7 Å². The van der Waals surface area contributed by atoms with E-state index in [0.29, 0.717) is 5.76 Å². The molecule has 0 spiro atoms. The first-order chi connectivity index (χ1) is 20.6. The van der Waals surface area contributed by atoms with Crippen LogP contribution in [-0.2, 0) is 6.42 Å². The minimum atomic E-state index is 0.538. The normalized spacial score (nSPS) is 11.6. The SMILES string of the molecule is C=C(/C=C\C(=C)c1c2ccccc2c(-c2ccccc2)c2ccccc12)Oc1ccc2c(oc3ccccc32)c1CC. The number of benzene rings is 6. The predicted molar refractivity (Wildman–Crippen MR) is 178 cm³/mol. The van der Waals surface area contributed by atoms with Crippen molar-refractivity contribution in [3.8, 4) is 16.9 Å². The zero-order valence-electron chi connectivity index (χ0n) is 23.6. The summed E-state index contributed by atoms with van der Waals surface area (Å²) >= 11 is 0. The van der Waals surface area contributed by atoms with E-state index in [1.54, 1.807) is 0 Å². The second-order valence-corrected chi connectivity index (χ2v) is 10.5. The number of fused-ring (bicyclic) bond motifs is 5. The second-order valence-electron chi connectivity index (χ2n) is 10.5. The Morgan fingerprint density at radius 2 is 1.24 bits per heavy atom. The maximum absolute atomic E-state index is 6.30. The summed E-state index contributed by atoms with van der Waals surface area (Å²) in [4.78, 5) is 0. The standard InChI is InChI=1S/C40H30O2/c1-4-29-37(25-24-35-30-16-12-13-21-36(30)42-40(29)35)41-27(3)23-22-26(2)38-31-17-8-10-19-33(31)39(28-14-6-5-7-15-28)34-20-11-9-18-32(34)38/h5-25H,2-4H2,1H3/b23-22-. The van der Waals surface area contributed by atoms with Crippen LogP contribution in [0.3, 0.4) is 0 Å². The van der Waals surface area contributed by atoms with Gasteiger partial charge in [-0.25, -0.2) is 0 Å². The van der Waals surface area contributed by atoms with E-state index in [4.69, 9.17) is 9.15 Å². The maximum Gasteiger partial charge on any atom is 0.142 e. The van der Waals surface area contributed by atoms with Crippen LogP contribution < -0.4 is 4.74 Å². The van der Waals surface area contributed by atoms with E-state index < -0.39 is 0 Å². The maximum atomic E-state index is 6.30. The molecule has 202 valence electrons. The number of hydrogen-bond acceptors (Lipinski definition) is 2. The van der Waals surface area contributed by atoms with Gasteiger partial charge in [0.15, 0.2) is 0 Å². The van der Waals surface area contributed by atoms with Crippen LogP contribution in [0.1, 0.15) is 18.1 Å². The molecule has 1 aromatic heterocycles. The topological polar surface area (TPSA) is 22.4 Å². The van der Waals surface area contributed by atoms with Crippen molar-refractivity contribution in [1.29, 1.82) is 0 Å². The average molecular weight is 543 g/mol. The third-order valence-electron chi connectivity index (χ3n) is 7.99. The molecule has 1 heterocycles. The van der Waals surface area contributed by atoms with Gasteiger partial charge < -0.3 is 9.15 Å². The molecule has 6 aromatic carbocycles.